The first-order valence-electron chi connectivity index (χ1n) is 4.99. The molecule has 1 aliphatic rings. The van der Waals surface area contributed by atoms with Crippen LogP contribution >= 0.6 is 0 Å². The first-order valence-corrected chi connectivity index (χ1v) is 4.99. The van der Waals surface area contributed by atoms with Gasteiger partial charge in [-0.05, 0) is 30.4 Å². The van der Waals surface area contributed by atoms with Gasteiger partial charge in [0.15, 0.2) is 0 Å². The van der Waals surface area contributed by atoms with Crippen LogP contribution in [0, 0.1) is 0 Å². The van der Waals surface area contributed by atoms with Crippen molar-refractivity contribution in [1.82, 2.24) is 0 Å². The van der Waals surface area contributed by atoms with Gasteiger partial charge in [0, 0.05) is 0 Å². The second kappa shape index (κ2) is 3.39. The Bertz CT molecular complexity index is 387. The zero-order valence-corrected chi connectivity index (χ0v) is 8.29. The summed E-state index contributed by atoms with van der Waals surface area (Å²) in [5.41, 5.74) is 2.25. The lowest BCUT2D eigenvalue weighted by atomic mass is 10.0. The number of hydrogen-bond acceptors (Lipinski definition) is 2. The maximum Gasteiger partial charge on any atom is 0.235 e. The lowest BCUT2D eigenvalue weighted by molar-refractivity contribution is 0.556. The van der Waals surface area contributed by atoms with Crippen LogP contribution in [0.3, 0.4) is 0 Å². The monoisotopic (exact) mass is 187 g/mol. The third kappa shape index (κ3) is 1.49. The van der Waals surface area contributed by atoms with Crippen molar-refractivity contribution in [1.29, 1.82) is 0 Å². The second-order valence-electron chi connectivity index (χ2n) is 3.79. The Labute approximate surface area is 83.7 Å². The van der Waals surface area contributed by atoms with Crippen LogP contribution in [0.5, 0.6) is 0 Å². The summed E-state index contributed by atoms with van der Waals surface area (Å²) < 4.78 is 0. The Kier molecular flexibility index (Phi) is 2.22. The van der Waals surface area contributed by atoms with E-state index in [0.717, 1.165) is 19.3 Å². The summed E-state index contributed by atoms with van der Waals surface area (Å²) in [5, 5.41) is 0. The summed E-state index contributed by atoms with van der Waals surface area (Å²) in [6, 6.07) is 8.33. The zero-order valence-electron chi connectivity index (χ0n) is 8.29. The van der Waals surface area contributed by atoms with Crippen LogP contribution in [0.1, 0.15) is 30.9 Å². The predicted molar refractivity (Wildman–Crippen MR) is 54.9 cm³/mol. The molecule has 0 amide bonds. The molecule has 0 bridgehead atoms. The van der Waals surface area contributed by atoms with Crippen molar-refractivity contribution in [2.24, 2.45) is 4.99 Å². The molecule has 0 unspecified atom stereocenters. The highest BCUT2D eigenvalue weighted by molar-refractivity contribution is 5.42. The van der Waals surface area contributed by atoms with Gasteiger partial charge in [0.25, 0.3) is 0 Å². The Hall–Kier alpha value is -1.40. The Morgan fingerprint density at radius 3 is 2.86 bits per heavy atom. The van der Waals surface area contributed by atoms with E-state index >= 15 is 0 Å². The molecule has 0 N–H and O–H groups in total. The minimum atomic E-state index is -0.215. The molecule has 1 aromatic rings. The van der Waals surface area contributed by atoms with E-state index in [9.17, 15) is 4.79 Å². The summed E-state index contributed by atoms with van der Waals surface area (Å²) in [6.45, 7) is 2.13. The van der Waals surface area contributed by atoms with Crippen LogP contribution in [0.4, 0.5) is 0 Å². The molecule has 0 saturated heterocycles. The molecule has 1 aromatic carbocycles. The van der Waals surface area contributed by atoms with Crippen molar-refractivity contribution < 1.29 is 4.79 Å². The molecule has 1 aliphatic carbocycles. The fourth-order valence-corrected chi connectivity index (χ4v) is 1.75. The standard InChI is InChI=1S/C12H13NO/c1-2-10-4-3-5-11(8-10)12(6-7-12)13-9-14/h3-5,8H,2,6-7H2,1H3. The van der Waals surface area contributed by atoms with Crippen molar-refractivity contribution in [3.63, 3.8) is 0 Å². The summed E-state index contributed by atoms with van der Waals surface area (Å²) in [5.74, 6) is 0. The van der Waals surface area contributed by atoms with Crippen molar-refractivity contribution in [3.05, 3.63) is 35.4 Å². The van der Waals surface area contributed by atoms with Crippen molar-refractivity contribution in [2.45, 2.75) is 31.7 Å². The second-order valence-corrected chi connectivity index (χ2v) is 3.79. The van der Waals surface area contributed by atoms with Gasteiger partial charge in [-0.1, -0.05) is 31.2 Å². The lowest BCUT2D eigenvalue weighted by Crippen LogP contribution is -2.02. The Morgan fingerprint density at radius 1 is 1.50 bits per heavy atom. The van der Waals surface area contributed by atoms with E-state index in [4.69, 9.17) is 0 Å². The third-order valence-electron chi connectivity index (χ3n) is 2.86. The van der Waals surface area contributed by atoms with Gasteiger partial charge < -0.3 is 0 Å². The van der Waals surface area contributed by atoms with Crippen LogP contribution in [0.15, 0.2) is 29.3 Å². The largest absolute Gasteiger partial charge is 0.235 e. The fraction of sp³-hybridized carbons (Fsp3) is 0.417. The maximum absolute atomic E-state index is 10.3. The van der Waals surface area contributed by atoms with Gasteiger partial charge in [0.2, 0.25) is 6.08 Å². The normalized spacial score (nSPS) is 17.2. The molecule has 1 fully saturated rings. The first-order chi connectivity index (χ1) is 6.80. The van der Waals surface area contributed by atoms with Gasteiger partial charge in [-0.2, -0.15) is 4.99 Å². The van der Waals surface area contributed by atoms with Crippen LogP contribution in [-0.2, 0) is 16.8 Å². The molecule has 0 radical (unpaired) electrons. The molecule has 2 heteroatoms. The fourth-order valence-electron chi connectivity index (χ4n) is 1.75. The number of isocyanates is 1. The highest BCUT2D eigenvalue weighted by Gasteiger charge is 2.44. The van der Waals surface area contributed by atoms with E-state index in [0.29, 0.717) is 0 Å². The quantitative estimate of drug-likeness (QED) is 0.528. The third-order valence-corrected chi connectivity index (χ3v) is 2.86. The molecule has 0 heterocycles. The van der Waals surface area contributed by atoms with E-state index in [1.807, 2.05) is 12.1 Å². The van der Waals surface area contributed by atoms with E-state index < -0.39 is 0 Å². The smallest absolute Gasteiger partial charge is 0.211 e. The van der Waals surface area contributed by atoms with Gasteiger partial charge in [-0.3, -0.25) is 0 Å². The molecule has 1 saturated carbocycles. The number of aliphatic imine (C=N–C) groups is 1. The van der Waals surface area contributed by atoms with Gasteiger partial charge in [0.05, 0.1) is 5.54 Å². The van der Waals surface area contributed by atoms with Crippen LogP contribution < -0.4 is 0 Å². The number of nitrogens with zero attached hydrogens (tertiary/aromatic N) is 1. The molecule has 14 heavy (non-hydrogen) atoms. The minimum absolute atomic E-state index is 0.215. The molecule has 72 valence electrons. The first kappa shape index (κ1) is 9.17. The van der Waals surface area contributed by atoms with Crippen LogP contribution in [-0.4, -0.2) is 6.08 Å². The summed E-state index contributed by atoms with van der Waals surface area (Å²) in [4.78, 5) is 14.2. The van der Waals surface area contributed by atoms with Gasteiger partial charge in [-0.15, -0.1) is 0 Å². The zero-order chi connectivity index (χ0) is 10.0. The molecular formula is C12H13NO. The molecule has 2 nitrogen and oxygen atoms in total. The topological polar surface area (TPSA) is 29.4 Å². The van der Waals surface area contributed by atoms with Crippen LogP contribution in [0.2, 0.25) is 0 Å². The number of benzene rings is 1. The molecule has 0 atom stereocenters. The Balaban J connectivity index is 2.36. The van der Waals surface area contributed by atoms with E-state index in [2.05, 4.69) is 24.0 Å². The molecule has 0 spiro atoms. The summed E-state index contributed by atoms with van der Waals surface area (Å²) in [7, 11) is 0. The highest BCUT2D eigenvalue weighted by Crippen LogP contribution is 2.49. The number of hydrogen-bond donors (Lipinski definition) is 0. The Morgan fingerprint density at radius 2 is 2.29 bits per heavy atom. The highest BCUT2D eigenvalue weighted by atomic mass is 16.1. The molecular weight excluding hydrogens is 174 g/mol. The summed E-state index contributed by atoms with van der Waals surface area (Å²) in [6.07, 6.45) is 4.67. The number of carbonyl (C=O) groups excluding carboxylic acids is 1. The van der Waals surface area contributed by atoms with Crippen molar-refractivity contribution >= 4 is 6.08 Å². The maximum atomic E-state index is 10.3. The predicted octanol–water partition coefficient (Wildman–Crippen LogP) is 2.57. The van der Waals surface area contributed by atoms with Gasteiger partial charge in [0.1, 0.15) is 0 Å². The SMILES string of the molecule is CCc1cccc(C2(N=C=O)CC2)c1. The lowest BCUT2D eigenvalue weighted by Gasteiger charge is -2.08. The number of rotatable bonds is 3. The minimum Gasteiger partial charge on any atom is -0.211 e. The molecule has 0 aromatic heterocycles. The van der Waals surface area contributed by atoms with E-state index in [1.54, 1.807) is 6.08 Å². The van der Waals surface area contributed by atoms with Crippen molar-refractivity contribution in [3.8, 4) is 0 Å². The van der Waals surface area contributed by atoms with Crippen LogP contribution in [0.25, 0.3) is 0 Å². The average molecular weight is 187 g/mol. The van der Waals surface area contributed by atoms with E-state index in [1.165, 1.54) is 11.1 Å². The van der Waals surface area contributed by atoms with E-state index in [-0.39, 0.29) is 5.54 Å². The van der Waals surface area contributed by atoms with Gasteiger partial charge >= 0.3 is 0 Å². The summed E-state index contributed by atoms with van der Waals surface area (Å²) >= 11 is 0. The van der Waals surface area contributed by atoms with Gasteiger partial charge in [-0.25, -0.2) is 4.79 Å². The molecule has 0 aliphatic heterocycles. The molecule has 2 rings (SSSR count). The van der Waals surface area contributed by atoms with Crippen molar-refractivity contribution in [2.75, 3.05) is 0 Å². The average Bonchev–Trinajstić information content (AvgIpc) is 3.00. The number of aryl methyl sites for hydroxylation is 1.